The standard InChI is InChI=1S/C15H21O3PS/c1-4-17-19(16,18-5-2)15(20-3)13-9-12-14-10-7-6-8-11-14/h6-13H,4-5H2,1-3H3/b12-9+,15-13-. The second kappa shape index (κ2) is 9.19. The molecule has 1 aromatic carbocycles. The molecular formula is C15H21O3PS. The lowest BCUT2D eigenvalue weighted by Gasteiger charge is -2.18. The SMILES string of the molecule is CCOP(=O)(OCC)/C(=C/C=C/c1ccccc1)SC. The molecule has 0 aliphatic heterocycles. The molecule has 0 aromatic heterocycles. The van der Waals surface area contributed by atoms with Crippen molar-refractivity contribution < 1.29 is 13.6 Å². The van der Waals surface area contributed by atoms with Crippen molar-refractivity contribution in [1.82, 2.24) is 0 Å². The first-order valence-electron chi connectivity index (χ1n) is 6.53. The maximum atomic E-state index is 12.6. The Bertz CT molecular complexity index is 487. The predicted octanol–water partition coefficient (Wildman–Crippen LogP) is 5.17. The third-order valence-electron chi connectivity index (χ3n) is 2.40. The van der Waals surface area contributed by atoms with Gasteiger partial charge in [0.15, 0.2) is 0 Å². The minimum Gasteiger partial charge on any atom is -0.305 e. The Morgan fingerprint density at radius 2 is 1.80 bits per heavy atom. The van der Waals surface area contributed by atoms with Crippen LogP contribution in [0.15, 0.2) is 47.1 Å². The molecule has 0 N–H and O–H groups in total. The Morgan fingerprint density at radius 1 is 1.20 bits per heavy atom. The van der Waals surface area contributed by atoms with Crippen LogP contribution in [0, 0.1) is 0 Å². The molecule has 5 heteroatoms. The van der Waals surface area contributed by atoms with Gasteiger partial charge in [0.1, 0.15) is 0 Å². The highest BCUT2D eigenvalue weighted by Crippen LogP contribution is 2.59. The molecule has 0 bridgehead atoms. The molecule has 110 valence electrons. The largest absolute Gasteiger partial charge is 0.367 e. The third kappa shape index (κ3) is 5.29. The Balaban J connectivity index is 2.90. The lowest BCUT2D eigenvalue weighted by molar-refractivity contribution is 0.228. The monoisotopic (exact) mass is 312 g/mol. The molecule has 0 aliphatic carbocycles. The van der Waals surface area contributed by atoms with E-state index < -0.39 is 7.60 Å². The first-order chi connectivity index (χ1) is 9.66. The van der Waals surface area contributed by atoms with Crippen molar-refractivity contribution in [3.63, 3.8) is 0 Å². The van der Waals surface area contributed by atoms with E-state index in [0.29, 0.717) is 17.9 Å². The van der Waals surface area contributed by atoms with E-state index >= 15 is 0 Å². The Hall–Kier alpha value is -0.800. The molecule has 0 heterocycles. The van der Waals surface area contributed by atoms with Crippen molar-refractivity contribution in [2.75, 3.05) is 19.5 Å². The fourth-order valence-electron chi connectivity index (χ4n) is 1.58. The molecule has 1 rings (SSSR count). The smallest absolute Gasteiger partial charge is 0.305 e. The summed E-state index contributed by atoms with van der Waals surface area (Å²) >= 11 is 1.39. The lowest BCUT2D eigenvalue weighted by Crippen LogP contribution is -1.96. The molecule has 0 unspecified atom stereocenters. The number of hydrogen-bond donors (Lipinski definition) is 0. The van der Waals surface area contributed by atoms with E-state index in [9.17, 15) is 4.57 Å². The van der Waals surface area contributed by atoms with Gasteiger partial charge in [-0.15, -0.1) is 11.8 Å². The summed E-state index contributed by atoms with van der Waals surface area (Å²) in [5, 5.41) is 0. The van der Waals surface area contributed by atoms with Gasteiger partial charge in [-0.3, -0.25) is 4.57 Å². The Labute approximate surface area is 125 Å². The molecule has 0 amide bonds. The second-order valence-electron chi connectivity index (χ2n) is 3.81. The summed E-state index contributed by atoms with van der Waals surface area (Å²) in [6.45, 7) is 4.34. The van der Waals surface area contributed by atoms with Gasteiger partial charge < -0.3 is 9.05 Å². The first-order valence-corrected chi connectivity index (χ1v) is 9.30. The van der Waals surface area contributed by atoms with Crippen LogP contribution in [0.3, 0.4) is 0 Å². The van der Waals surface area contributed by atoms with Gasteiger partial charge in [0.05, 0.1) is 17.9 Å². The zero-order chi connectivity index (χ0) is 14.8. The number of rotatable bonds is 8. The van der Waals surface area contributed by atoms with Crippen LogP contribution in [0.25, 0.3) is 6.08 Å². The number of thioether (sulfide) groups is 1. The summed E-state index contributed by atoms with van der Waals surface area (Å²) in [7, 11) is -3.18. The van der Waals surface area contributed by atoms with Crippen molar-refractivity contribution in [3.05, 3.63) is 52.7 Å². The van der Waals surface area contributed by atoms with E-state index in [4.69, 9.17) is 9.05 Å². The highest BCUT2D eigenvalue weighted by molar-refractivity contribution is 8.09. The topological polar surface area (TPSA) is 35.5 Å². The van der Waals surface area contributed by atoms with E-state index in [-0.39, 0.29) is 0 Å². The van der Waals surface area contributed by atoms with Gasteiger partial charge in [-0.1, -0.05) is 42.5 Å². The molecule has 0 fully saturated rings. The van der Waals surface area contributed by atoms with E-state index in [0.717, 1.165) is 5.56 Å². The van der Waals surface area contributed by atoms with Crippen LogP contribution in [-0.2, 0) is 13.6 Å². The fourth-order valence-corrected chi connectivity index (χ4v) is 4.28. The zero-order valence-corrected chi connectivity index (χ0v) is 13.8. The molecular weight excluding hydrogens is 291 g/mol. The van der Waals surface area contributed by atoms with Crippen molar-refractivity contribution in [3.8, 4) is 0 Å². The van der Waals surface area contributed by atoms with E-state index in [1.807, 2.05) is 62.6 Å². The average Bonchev–Trinajstić information content (AvgIpc) is 2.45. The fraction of sp³-hybridized carbons (Fsp3) is 0.333. The van der Waals surface area contributed by atoms with Gasteiger partial charge in [-0.2, -0.15) is 0 Å². The van der Waals surface area contributed by atoms with Crippen LogP contribution in [-0.4, -0.2) is 19.5 Å². The summed E-state index contributed by atoms with van der Waals surface area (Å²) in [4.78, 5) is 0. The Kier molecular flexibility index (Phi) is 7.93. The number of benzene rings is 1. The van der Waals surface area contributed by atoms with Gasteiger partial charge in [-0.25, -0.2) is 0 Å². The van der Waals surface area contributed by atoms with Gasteiger partial charge >= 0.3 is 7.60 Å². The van der Waals surface area contributed by atoms with Crippen molar-refractivity contribution in [2.24, 2.45) is 0 Å². The molecule has 1 aromatic rings. The highest BCUT2D eigenvalue weighted by atomic mass is 32.2. The van der Waals surface area contributed by atoms with Gasteiger partial charge in [0.25, 0.3) is 0 Å². The summed E-state index contributed by atoms with van der Waals surface area (Å²) < 4.78 is 23.9. The summed E-state index contributed by atoms with van der Waals surface area (Å²) in [5.74, 6) is 0. The average molecular weight is 312 g/mol. The predicted molar refractivity (Wildman–Crippen MR) is 87.9 cm³/mol. The molecule has 0 atom stereocenters. The van der Waals surface area contributed by atoms with Crippen LogP contribution >= 0.6 is 19.4 Å². The quantitative estimate of drug-likeness (QED) is 0.490. The van der Waals surface area contributed by atoms with E-state index in [2.05, 4.69) is 0 Å². The van der Waals surface area contributed by atoms with Gasteiger partial charge in [0.2, 0.25) is 0 Å². The lowest BCUT2D eigenvalue weighted by atomic mass is 10.2. The first kappa shape index (κ1) is 17.3. The minimum absolute atomic E-state index is 0.359. The van der Waals surface area contributed by atoms with Crippen molar-refractivity contribution in [1.29, 1.82) is 0 Å². The normalized spacial score (nSPS) is 13.1. The van der Waals surface area contributed by atoms with Crippen LogP contribution < -0.4 is 0 Å². The molecule has 20 heavy (non-hydrogen) atoms. The van der Waals surface area contributed by atoms with E-state index in [1.165, 1.54) is 11.8 Å². The second-order valence-corrected chi connectivity index (χ2v) is 6.96. The number of allylic oxidation sites excluding steroid dienone is 2. The molecule has 0 saturated carbocycles. The maximum absolute atomic E-state index is 12.6. The van der Waals surface area contributed by atoms with Crippen LogP contribution in [0.4, 0.5) is 0 Å². The van der Waals surface area contributed by atoms with Crippen LogP contribution in [0.5, 0.6) is 0 Å². The molecule has 0 saturated heterocycles. The van der Waals surface area contributed by atoms with Gasteiger partial charge in [0, 0.05) is 0 Å². The third-order valence-corrected chi connectivity index (χ3v) is 6.06. The van der Waals surface area contributed by atoms with Crippen molar-refractivity contribution >= 4 is 25.4 Å². The molecule has 0 radical (unpaired) electrons. The maximum Gasteiger partial charge on any atom is 0.367 e. The van der Waals surface area contributed by atoms with Crippen LogP contribution in [0.2, 0.25) is 0 Å². The number of hydrogen-bond acceptors (Lipinski definition) is 4. The Morgan fingerprint density at radius 3 is 2.30 bits per heavy atom. The summed E-state index contributed by atoms with van der Waals surface area (Å²) in [5.41, 5.74) is 1.09. The molecule has 3 nitrogen and oxygen atoms in total. The van der Waals surface area contributed by atoms with E-state index in [1.54, 1.807) is 6.08 Å². The summed E-state index contributed by atoms with van der Waals surface area (Å²) in [6.07, 6.45) is 7.49. The molecule has 0 spiro atoms. The van der Waals surface area contributed by atoms with Crippen molar-refractivity contribution in [2.45, 2.75) is 13.8 Å². The van der Waals surface area contributed by atoms with Crippen LogP contribution in [0.1, 0.15) is 19.4 Å². The zero-order valence-electron chi connectivity index (χ0n) is 12.1. The minimum atomic E-state index is -3.18. The molecule has 0 aliphatic rings. The van der Waals surface area contributed by atoms with Gasteiger partial charge in [-0.05, 0) is 31.7 Å². The summed E-state index contributed by atoms with van der Waals surface area (Å²) in [6, 6.07) is 9.94. The highest BCUT2D eigenvalue weighted by Gasteiger charge is 2.28.